The van der Waals surface area contributed by atoms with E-state index >= 15 is 0 Å². The summed E-state index contributed by atoms with van der Waals surface area (Å²) in [4.78, 5) is 3.88. The van der Waals surface area contributed by atoms with Crippen molar-refractivity contribution in [2.24, 2.45) is 0 Å². The Morgan fingerprint density at radius 2 is 2.33 bits per heavy atom. The summed E-state index contributed by atoms with van der Waals surface area (Å²) < 4.78 is 1.55. The fraction of sp³-hybridized carbons (Fsp3) is 0.500. The van der Waals surface area contributed by atoms with Crippen molar-refractivity contribution in [3.8, 4) is 0 Å². The van der Waals surface area contributed by atoms with E-state index in [4.69, 9.17) is 5.84 Å². The largest absolute Gasteiger partial charge is 0.338 e. The monoisotopic (exact) mass is 125 g/mol. The van der Waals surface area contributed by atoms with Crippen LogP contribution in [-0.2, 0) is 0 Å². The van der Waals surface area contributed by atoms with E-state index in [1.165, 1.54) is 0 Å². The molecule has 0 aliphatic rings. The molecule has 0 bridgehead atoms. The van der Waals surface area contributed by atoms with Gasteiger partial charge < -0.3 is 5.84 Å². The molecular formula is C6H11N3. The molecule has 9 heavy (non-hydrogen) atoms. The van der Waals surface area contributed by atoms with E-state index in [1.54, 1.807) is 17.2 Å². The second-order valence-electron chi connectivity index (χ2n) is 2.38. The molecule has 0 fully saturated rings. The average Bonchev–Trinajstić information content (AvgIpc) is 2.13. The lowest BCUT2D eigenvalue weighted by atomic mass is 10.2. The maximum atomic E-state index is 5.50. The average molecular weight is 125 g/mol. The van der Waals surface area contributed by atoms with Crippen molar-refractivity contribution >= 4 is 0 Å². The minimum absolute atomic E-state index is 0.456. The lowest BCUT2D eigenvalue weighted by Crippen LogP contribution is -2.11. The van der Waals surface area contributed by atoms with Gasteiger partial charge in [0.15, 0.2) is 0 Å². The van der Waals surface area contributed by atoms with Gasteiger partial charge in [-0.05, 0) is 5.92 Å². The number of aromatic nitrogens is 2. The molecule has 0 aliphatic carbocycles. The summed E-state index contributed by atoms with van der Waals surface area (Å²) >= 11 is 0. The number of rotatable bonds is 1. The Hall–Kier alpha value is -0.990. The fourth-order valence-corrected chi connectivity index (χ4v) is 0.762. The number of nitrogens with zero attached hydrogens (tertiary/aromatic N) is 2. The molecule has 3 heteroatoms. The highest BCUT2D eigenvalue weighted by Crippen LogP contribution is 2.09. The first-order valence-corrected chi connectivity index (χ1v) is 2.99. The Morgan fingerprint density at radius 1 is 1.67 bits per heavy atom. The van der Waals surface area contributed by atoms with Crippen molar-refractivity contribution in [1.29, 1.82) is 0 Å². The number of imidazole rings is 1. The van der Waals surface area contributed by atoms with Gasteiger partial charge in [-0.25, -0.2) is 4.98 Å². The first-order valence-electron chi connectivity index (χ1n) is 2.99. The van der Waals surface area contributed by atoms with Crippen molar-refractivity contribution in [2.45, 2.75) is 19.8 Å². The van der Waals surface area contributed by atoms with Gasteiger partial charge in [0.1, 0.15) is 6.33 Å². The topological polar surface area (TPSA) is 43.8 Å². The van der Waals surface area contributed by atoms with Gasteiger partial charge in [-0.2, -0.15) is 0 Å². The third-order valence-corrected chi connectivity index (χ3v) is 1.29. The molecule has 1 aromatic heterocycles. The number of nitrogens with two attached hydrogens (primary N) is 1. The van der Waals surface area contributed by atoms with Crippen molar-refractivity contribution in [3.63, 3.8) is 0 Å². The van der Waals surface area contributed by atoms with Crippen LogP contribution in [0.15, 0.2) is 12.5 Å². The molecule has 0 saturated heterocycles. The third kappa shape index (κ3) is 1.04. The summed E-state index contributed by atoms with van der Waals surface area (Å²) in [7, 11) is 0. The van der Waals surface area contributed by atoms with Crippen molar-refractivity contribution in [3.05, 3.63) is 18.2 Å². The van der Waals surface area contributed by atoms with Gasteiger partial charge >= 0.3 is 0 Å². The van der Waals surface area contributed by atoms with Crippen LogP contribution in [0.2, 0.25) is 0 Å². The summed E-state index contributed by atoms with van der Waals surface area (Å²) in [5.74, 6) is 5.95. The molecule has 0 aromatic carbocycles. The zero-order valence-corrected chi connectivity index (χ0v) is 5.70. The highest BCUT2D eigenvalue weighted by atomic mass is 15.3. The van der Waals surface area contributed by atoms with Crippen LogP contribution in [0.1, 0.15) is 25.5 Å². The van der Waals surface area contributed by atoms with Gasteiger partial charge in [0.2, 0.25) is 0 Å². The Kier molecular flexibility index (Phi) is 1.42. The Labute approximate surface area is 54.5 Å². The van der Waals surface area contributed by atoms with E-state index in [9.17, 15) is 0 Å². The third-order valence-electron chi connectivity index (χ3n) is 1.29. The van der Waals surface area contributed by atoms with Crippen molar-refractivity contribution in [1.82, 2.24) is 9.66 Å². The van der Waals surface area contributed by atoms with Gasteiger partial charge in [-0.3, -0.25) is 4.68 Å². The van der Waals surface area contributed by atoms with E-state index in [0.29, 0.717) is 5.92 Å². The quantitative estimate of drug-likeness (QED) is 0.562. The smallest absolute Gasteiger partial charge is 0.114 e. The molecule has 1 aromatic rings. The molecule has 0 aliphatic heterocycles. The normalized spacial score (nSPS) is 10.6. The summed E-state index contributed by atoms with van der Waals surface area (Å²) in [6.45, 7) is 4.17. The highest BCUT2D eigenvalue weighted by molar-refractivity contribution is 5.02. The first kappa shape index (κ1) is 6.13. The highest BCUT2D eigenvalue weighted by Gasteiger charge is 2.01. The summed E-state index contributed by atoms with van der Waals surface area (Å²) in [6.07, 6.45) is 3.39. The molecular weight excluding hydrogens is 114 g/mol. The molecule has 0 spiro atoms. The van der Waals surface area contributed by atoms with Crippen LogP contribution in [0.4, 0.5) is 0 Å². The lowest BCUT2D eigenvalue weighted by Gasteiger charge is -2.02. The Bertz CT molecular complexity index is 190. The number of hydrogen-bond acceptors (Lipinski definition) is 2. The summed E-state index contributed by atoms with van der Waals surface area (Å²) in [5.41, 5.74) is 1.06. The predicted molar refractivity (Wildman–Crippen MR) is 36.5 cm³/mol. The molecule has 0 radical (unpaired) electrons. The molecule has 50 valence electrons. The Morgan fingerprint density at radius 3 is 2.56 bits per heavy atom. The van der Waals surface area contributed by atoms with E-state index in [2.05, 4.69) is 18.8 Å². The van der Waals surface area contributed by atoms with E-state index < -0.39 is 0 Å². The van der Waals surface area contributed by atoms with Crippen LogP contribution in [0.5, 0.6) is 0 Å². The second kappa shape index (κ2) is 2.09. The summed E-state index contributed by atoms with van der Waals surface area (Å²) in [5, 5.41) is 0. The maximum absolute atomic E-state index is 5.50. The summed E-state index contributed by atoms with van der Waals surface area (Å²) in [6, 6.07) is 0. The van der Waals surface area contributed by atoms with Gasteiger partial charge in [-0.15, -0.1) is 0 Å². The molecule has 0 unspecified atom stereocenters. The van der Waals surface area contributed by atoms with Gasteiger partial charge in [-0.1, -0.05) is 13.8 Å². The fourth-order valence-electron chi connectivity index (χ4n) is 0.762. The van der Waals surface area contributed by atoms with Crippen LogP contribution in [0, 0.1) is 0 Å². The molecule has 0 saturated carbocycles. The van der Waals surface area contributed by atoms with Crippen LogP contribution in [0.3, 0.4) is 0 Å². The molecule has 1 rings (SSSR count). The van der Waals surface area contributed by atoms with Crippen LogP contribution >= 0.6 is 0 Å². The zero-order valence-electron chi connectivity index (χ0n) is 5.70. The molecule has 3 nitrogen and oxygen atoms in total. The zero-order chi connectivity index (χ0) is 6.85. The second-order valence-corrected chi connectivity index (χ2v) is 2.38. The number of nitrogen functional groups attached to an aromatic ring is 1. The molecule has 2 N–H and O–H groups in total. The van der Waals surface area contributed by atoms with Gasteiger partial charge in [0.25, 0.3) is 0 Å². The SMILES string of the molecule is CC(C)c1cncn1N. The maximum Gasteiger partial charge on any atom is 0.114 e. The van der Waals surface area contributed by atoms with Gasteiger partial charge in [0, 0.05) is 0 Å². The van der Waals surface area contributed by atoms with E-state index in [1.807, 2.05) is 0 Å². The minimum Gasteiger partial charge on any atom is -0.338 e. The first-order chi connectivity index (χ1) is 4.22. The van der Waals surface area contributed by atoms with Crippen LogP contribution in [0.25, 0.3) is 0 Å². The van der Waals surface area contributed by atoms with E-state index in [0.717, 1.165) is 5.69 Å². The lowest BCUT2D eigenvalue weighted by molar-refractivity contribution is 0.769. The number of hydrogen-bond donors (Lipinski definition) is 1. The Balaban J connectivity index is 2.94. The van der Waals surface area contributed by atoms with Crippen LogP contribution < -0.4 is 5.84 Å². The molecule has 0 atom stereocenters. The van der Waals surface area contributed by atoms with Crippen molar-refractivity contribution in [2.75, 3.05) is 5.84 Å². The standard InChI is InChI=1S/C6H11N3/c1-5(2)6-3-8-4-9(6)7/h3-5H,7H2,1-2H3. The van der Waals surface area contributed by atoms with E-state index in [-0.39, 0.29) is 0 Å². The molecule has 0 amide bonds. The van der Waals surface area contributed by atoms with Crippen LogP contribution in [-0.4, -0.2) is 9.66 Å². The predicted octanol–water partition coefficient (Wildman–Crippen LogP) is 0.720. The molecule has 1 heterocycles. The van der Waals surface area contributed by atoms with Gasteiger partial charge in [0.05, 0.1) is 11.9 Å². The van der Waals surface area contributed by atoms with Crippen molar-refractivity contribution < 1.29 is 0 Å². The minimum atomic E-state index is 0.456.